The van der Waals surface area contributed by atoms with E-state index in [2.05, 4.69) is 24.0 Å². The van der Waals surface area contributed by atoms with Crippen molar-refractivity contribution in [2.75, 3.05) is 0 Å². The van der Waals surface area contributed by atoms with Crippen molar-refractivity contribution in [2.24, 2.45) is 5.73 Å². The van der Waals surface area contributed by atoms with Gasteiger partial charge in [-0.05, 0) is 30.2 Å². The van der Waals surface area contributed by atoms with Crippen LogP contribution in [0.5, 0.6) is 11.5 Å². The van der Waals surface area contributed by atoms with Crippen molar-refractivity contribution < 1.29 is 4.74 Å². The van der Waals surface area contributed by atoms with E-state index >= 15 is 0 Å². The van der Waals surface area contributed by atoms with Crippen LogP contribution in [-0.2, 0) is 6.42 Å². The highest BCUT2D eigenvalue weighted by atomic mass is 32.1. The van der Waals surface area contributed by atoms with E-state index in [4.69, 9.17) is 22.7 Å². The summed E-state index contributed by atoms with van der Waals surface area (Å²) in [5, 5.41) is 0. The van der Waals surface area contributed by atoms with Crippen LogP contribution in [0.15, 0.2) is 42.6 Å². The molecule has 0 fully saturated rings. The molecule has 3 nitrogen and oxygen atoms in total. The van der Waals surface area contributed by atoms with Crippen LogP contribution >= 0.6 is 12.2 Å². The predicted molar refractivity (Wildman–Crippen MR) is 80.6 cm³/mol. The first-order chi connectivity index (χ1) is 9.19. The quantitative estimate of drug-likeness (QED) is 0.847. The SMILES string of the molecule is CCCc1ccc(Oc2ccnc(C(N)=S)c2)cc1. The van der Waals surface area contributed by atoms with E-state index in [1.807, 2.05) is 12.1 Å². The van der Waals surface area contributed by atoms with Crippen molar-refractivity contribution in [2.45, 2.75) is 19.8 Å². The van der Waals surface area contributed by atoms with Crippen molar-refractivity contribution in [1.29, 1.82) is 0 Å². The van der Waals surface area contributed by atoms with Gasteiger partial charge in [-0.25, -0.2) is 0 Å². The molecule has 2 rings (SSSR count). The molecule has 0 spiro atoms. The highest BCUT2D eigenvalue weighted by Gasteiger charge is 2.02. The zero-order valence-corrected chi connectivity index (χ0v) is 11.6. The molecule has 0 radical (unpaired) electrons. The molecule has 0 atom stereocenters. The van der Waals surface area contributed by atoms with Crippen molar-refractivity contribution in [1.82, 2.24) is 4.98 Å². The second-order valence-corrected chi connectivity index (χ2v) is 4.68. The number of aromatic nitrogens is 1. The lowest BCUT2D eigenvalue weighted by molar-refractivity contribution is 0.481. The lowest BCUT2D eigenvalue weighted by Crippen LogP contribution is -2.11. The number of rotatable bonds is 5. The van der Waals surface area contributed by atoms with Gasteiger partial charge in [0.2, 0.25) is 0 Å². The first-order valence-corrected chi connectivity index (χ1v) is 6.62. The van der Waals surface area contributed by atoms with Crippen molar-refractivity contribution >= 4 is 17.2 Å². The Balaban J connectivity index is 2.12. The van der Waals surface area contributed by atoms with E-state index in [9.17, 15) is 0 Å². The number of nitrogens with zero attached hydrogens (tertiary/aromatic N) is 1. The van der Waals surface area contributed by atoms with Gasteiger partial charge in [0.05, 0.1) is 0 Å². The largest absolute Gasteiger partial charge is 0.457 e. The Labute approximate surface area is 118 Å². The van der Waals surface area contributed by atoms with Gasteiger partial charge in [0.1, 0.15) is 22.2 Å². The van der Waals surface area contributed by atoms with Crippen molar-refractivity contribution in [3.8, 4) is 11.5 Å². The molecule has 1 aromatic carbocycles. The summed E-state index contributed by atoms with van der Waals surface area (Å²) in [5.41, 5.74) is 7.42. The Morgan fingerprint density at radius 2 is 1.95 bits per heavy atom. The number of benzene rings is 1. The fraction of sp³-hybridized carbons (Fsp3) is 0.200. The second kappa shape index (κ2) is 6.29. The van der Waals surface area contributed by atoms with Gasteiger partial charge in [-0.15, -0.1) is 0 Å². The van der Waals surface area contributed by atoms with Gasteiger partial charge in [-0.2, -0.15) is 0 Å². The monoisotopic (exact) mass is 272 g/mol. The molecule has 19 heavy (non-hydrogen) atoms. The molecule has 0 aliphatic carbocycles. The van der Waals surface area contributed by atoms with E-state index in [1.165, 1.54) is 5.56 Å². The van der Waals surface area contributed by atoms with Crippen LogP contribution in [0.25, 0.3) is 0 Å². The molecular formula is C15H16N2OS. The Bertz CT molecular complexity index is 567. The van der Waals surface area contributed by atoms with Crippen LogP contribution in [0.2, 0.25) is 0 Å². The number of pyridine rings is 1. The minimum Gasteiger partial charge on any atom is -0.457 e. The lowest BCUT2D eigenvalue weighted by Gasteiger charge is -2.07. The zero-order valence-electron chi connectivity index (χ0n) is 10.8. The summed E-state index contributed by atoms with van der Waals surface area (Å²) in [5.74, 6) is 1.47. The number of thiocarbonyl (C=S) groups is 1. The van der Waals surface area contributed by atoms with E-state index in [-0.39, 0.29) is 4.99 Å². The maximum Gasteiger partial charge on any atom is 0.131 e. The predicted octanol–water partition coefficient (Wildman–Crippen LogP) is 3.46. The number of hydrogen-bond acceptors (Lipinski definition) is 3. The fourth-order valence-corrected chi connectivity index (χ4v) is 1.87. The Morgan fingerprint density at radius 1 is 1.21 bits per heavy atom. The average Bonchev–Trinajstić information content (AvgIpc) is 2.42. The molecule has 2 aromatic rings. The maximum atomic E-state index is 5.75. The number of ether oxygens (including phenoxy) is 1. The third-order valence-electron chi connectivity index (χ3n) is 2.68. The molecule has 0 bridgehead atoms. The Kier molecular flexibility index (Phi) is 4.47. The Morgan fingerprint density at radius 3 is 2.58 bits per heavy atom. The average molecular weight is 272 g/mol. The molecule has 1 heterocycles. The van der Waals surface area contributed by atoms with Crippen LogP contribution in [0.3, 0.4) is 0 Å². The highest BCUT2D eigenvalue weighted by Crippen LogP contribution is 2.22. The summed E-state index contributed by atoms with van der Waals surface area (Å²) >= 11 is 4.89. The van der Waals surface area contributed by atoms with E-state index in [1.54, 1.807) is 18.3 Å². The summed E-state index contributed by atoms with van der Waals surface area (Å²) in [6.45, 7) is 2.17. The first kappa shape index (κ1) is 13.5. The summed E-state index contributed by atoms with van der Waals surface area (Å²) in [7, 11) is 0. The van der Waals surface area contributed by atoms with Gasteiger partial charge in [0.25, 0.3) is 0 Å². The third kappa shape index (κ3) is 3.76. The summed E-state index contributed by atoms with van der Waals surface area (Å²) < 4.78 is 5.75. The second-order valence-electron chi connectivity index (χ2n) is 4.24. The van der Waals surface area contributed by atoms with E-state index in [0.29, 0.717) is 11.4 Å². The molecule has 98 valence electrons. The molecule has 0 amide bonds. The maximum absolute atomic E-state index is 5.75. The highest BCUT2D eigenvalue weighted by molar-refractivity contribution is 7.80. The zero-order chi connectivity index (χ0) is 13.7. The van der Waals surface area contributed by atoms with Crippen molar-refractivity contribution in [3.05, 3.63) is 53.9 Å². The summed E-state index contributed by atoms with van der Waals surface area (Å²) in [6.07, 6.45) is 3.86. The van der Waals surface area contributed by atoms with Gasteiger partial charge >= 0.3 is 0 Å². The summed E-state index contributed by atoms with van der Waals surface area (Å²) in [6, 6.07) is 11.6. The topological polar surface area (TPSA) is 48.1 Å². The van der Waals surface area contributed by atoms with Crippen LogP contribution in [-0.4, -0.2) is 9.97 Å². The molecule has 0 aliphatic rings. The lowest BCUT2D eigenvalue weighted by atomic mass is 10.1. The molecule has 0 unspecified atom stereocenters. The molecule has 1 aromatic heterocycles. The molecule has 4 heteroatoms. The molecule has 0 saturated heterocycles. The fourth-order valence-electron chi connectivity index (χ4n) is 1.76. The van der Waals surface area contributed by atoms with Gasteiger partial charge in [0, 0.05) is 12.3 Å². The Hall–Kier alpha value is -1.94. The molecule has 0 aliphatic heterocycles. The number of aryl methyl sites for hydroxylation is 1. The normalized spacial score (nSPS) is 10.2. The third-order valence-corrected chi connectivity index (χ3v) is 2.89. The van der Waals surface area contributed by atoms with Crippen LogP contribution in [0, 0.1) is 0 Å². The number of hydrogen-bond donors (Lipinski definition) is 1. The molecular weight excluding hydrogens is 256 g/mol. The molecule has 0 saturated carbocycles. The van der Waals surface area contributed by atoms with Crippen LogP contribution < -0.4 is 10.5 Å². The minimum atomic E-state index is 0.267. The van der Waals surface area contributed by atoms with Crippen molar-refractivity contribution in [3.63, 3.8) is 0 Å². The van der Waals surface area contributed by atoms with Gasteiger partial charge in [-0.1, -0.05) is 37.7 Å². The summed E-state index contributed by atoms with van der Waals surface area (Å²) in [4.78, 5) is 4.34. The van der Waals surface area contributed by atoms with Gasteiger partial charge in [-0.3, -0.25) is 4.98 Å². The minimum absolute atomic E-state index is 0.267. The van der Waals surface area contributed by atoms with E-state index < -0.39 is 0 Å². The molecule has 2 N–H and O–H groups in total. The first-order valence-electron chi connectivity index (χ1n) is 6.21. The van der Waals surface area contributed by atoms with Gasteiger partial charge in [0.15, 0.2) is 0 Å². The van der Waals surface area contributed by atoms with Gasteiger partial charge < -0.3 is 10.5 Å². The van der Waals surface area contributed by atoms with Crippen LogP contribution in [0.1, 0.15) is 24.6 Å². The van der Waals surface area contributed by atoms with Crippen LogP contribution in [0.4, 0.5) is 0 Å². The van der Waals surface area contributed by atoms with E-state index in [0.717, 1.165) is 18.6 Å². The smallest absolute Gasteiger partial charge is 0.131 e. The number of nitrogens with two attached hydrogens (primary N) is 1. The standard InChI is InChI=1S/C15H16N2OS/c1-2-3-11-4-6-12(7-5-11)18-13-8-9-17-14(10-13)15(16)19/h4-10H,2-3H2,1H3,(H2,16,19).